The zero-order valence-electron chi connectivity index (χ0n) is 20.5. The number of fused-ring (bicyclic) bond motifs is 1. The third-order valence-corrected chi connectivity index (χ3v) is 8.36. The molecule has 0 radical (unpaired) electrons. The van der Waals surface area contributed by atoms with Crippen LogP contribution in [0.5, 0.6) is 11.5 Å². The highest BCUT2D eigenvalue weighted by atomic mass is 16.7. The van der Waals surface area contributed by atoms with Gasteiger partial charge in [0.15, 0.2) is 11.5 Å². The first kappa shape index (κ1) is 23.5. The fourth-order valence-corrected chi connectivity index (χ4v) is 6.31. The number of carbonyl (C=O) groups is 2. The Kier molecular flexibility index (Phi) is 7.00. The van der Waals surface area contributed by atoms with E-state index in [-0.39, 0.29) is 24.6 Å². The monoisotopic (exact) mass is 469 g/mol. The summed E-state index contributed by atoms with van der Waals surface area (Å²) in [5.41, 5.74) is 0.487. The summed E-state index contributed by atoms with van der Waals surface area (Å²) >= 11 is 0. The molecule has 2 saturated heterocycles. The summed E-state index contributed by atoms with van der Waals surface area (Å²) in [7, 11) is 0. The molecule has 1 aromatic rings. The second-order valence-corrected chi connectivity index (χ2v) is 10.6. The summed E-state index contributed by atoms with van der Waals surface area (Å²) in [4.78, 5) is 31.6. The van der Waals surface area contributed by atoms with Crippen molar-refractivity contribution in [3.8, 4) is 11.5 Å². The van der Waals surface area contributed by atoms with E-state index in [9.17, 15) is 9.59 Å². The first-order chi connectivity index (χ1) is 16.6. The first-order valence-corrected chi connectivity index (χ1v) is 13.3. The Bertz CT molecular complexity index is 890. The van der Waals surface area contributed by atoms with Gasteiger partial charge < -0.3 is 19.7 Å². The molecule has 3 aliphatic heterocycles. The molecule has 186 valence electrons. The summed E-state index contributed by atoms with van der Waals surface area (Å²) in [5, 5.41) is 3.19. The van der Waals surface area contributed by atoms with Crippen LogP contribution >= 0.6 is 0 Å². The maximum Gasteiger partial charge on any atom is 0.246 e. The Morgan fingerprint density at radius 3 is 2.59 bits per heavy atom. The molecule has 1 saturated carbocycles. The number of piperidine rings is 1. The molecule has 2 amide bonds. The number of nitrogens with one attached hydrogen (secondary N) is 1. The molecule has 7 heteroatoms. The largest absolute Gasteiger partial charge is 0.454 e. The molecule has 1 spiro atoms. The summed E-state index contributed by atoms with van der Waals surface area (Å²) in [6.45, 7) is 5.52. The van der Waals surface area contributed by atoms with E-state index < -0.39 is 5.54 Å². The van der Waals surface area contributed by atoms with Gasteiger partial charge in [0.2, 0.25) is 18.6 Å². The number of amides is 2. The van der Waals surface area contributed by atoms with Crippen molar-refractivity contribution in [1.29, 1.82) is 0 Å². The third-order valence-electron chi connectivity index (χ3n) is 8.36. The Labute approximate surface area is 203 Å². The molecule has 1 aliphatic carbocycles. The molecule has 1 atom stereocenters. The zero-order chi connectivity index (χ0) is 23.5. The molecule has 3 fully saturated rings. The Morgan fingerprint density at radius 1 is 1.06 bits per heavy atom. The predicted molar refractivity (Wildman–Crippen MR) is 130 cm³/mol. The average Bonchev–Trinajstić information content (AvgIpc) is 3.32. The number of likely N-dealkylation sites (tertiary alicyclic amines) is 1. The molecule has 7 nitrogen and oxygen atoms in total. The number of unbranched alkanes of at least 4 members (excludes halogenated alkanes) is 1. The van der Waals surface area contributed by atoms with E-state index in [0.29, 0.717) is 25.3 Å². The van der Waals surface area contributed by atoms with E-state index in [4.69, 9.17) is 9.47 Å². The van der Waals surface area contributed by atoms with Gasteiger partial charge in [0, 0.05) is 26.2 Å². The summed E-state index contributed by atoms with van der Waals surface area (Å²) in [6, 6.07) is 5.75. The molecular weight excluding hydrogens is 430 g/mol. The lowest BCUT2D eigenvalue weighted by molar-refractivity contribution is -0.162. The lowest BCUT2D eigenvalue weighted by Gasteiger charge is -2.52. The minimum atomic E-state index is -0.694. The van der Waals surface area contributed by atoms with Crippen molar-refractivity contribution in [2.75, 3.05) is 26.4 Å². The predicted octanol–water partition coefficient (Wildman–Crippen LogP) is 3.85. The van der Waals surface area contributed by atoms with Gasteiger partial charge in [0.05, 0.1) is 0 Å². The maximum atomic E-state index is 13.7. The number of carbonyl (C=O) groups excluding carboxylic acids is 2. The van der Waals surface area contributed by atoms with Gasteiger partial charge in [-0.05, 0) is 49.3 Å². The highest BCUT2D eigenvalue weighted by Gasteiger charge is 2.53. The smallest absolute Gasteiger partial charge is 0.246 e. The van der Waals surface area contributed by atoms with Gasteiger partial charge in [0.25, 0.3) is 0 Å². The Balaban J connectivity index is 1.25. The Morgan fingerprint density at radius 2 is 1.82 bits per heavy atom. The summed E-state index contributed by atoms with van der Waals surface area (Å²) in [5.74, 6) is 2.40. The van der Waals surface area contributed by atoms with Crippen molar-refractivity contribution in [3.05, 3.63) is 23.8 Å². The van der Waals surface area contributed by atoms with E-state index in [1.807, 2.05) is 17.0 Å². The quantitative estimate of drug-likeness (QED) is 0.657. The van der Waals surface area contributed by atoms with Crippen LogP contribution in [0, 0.1) is 5.92 Å². The van der Waals surface area contributed by atoms with Crippen LogP contribution in [0.3, 0.4) is 0 Å². The number of rotatable bonds is 7. The van der Waals surface area contributed by atoms with Crippen molar-refractivity contribution in [3.63, 3.8) is 0 Å². The summed E-state index contributed by atoms with van der Waals surface area (Å²) in [6.07, 6.45) is 10.3. The number of hydrogen-bond donors (Lipinski definition) is 1. The minimum Gasteiger partial charge on any atom is -0.454 e. The van der Waals surface area contributed by atoms with Gasteiger partial charge in [-0.1, -0.05) is 51.5 Å². The molecule has 34 heavy (non-hydrogen) atoms. The highest BCUT2D eigenvalue weighted by molar-refractivity contribution is 6.00. The third kappa shape index (κ3) is 4.64. The van der Waals surface area contributed by atoms with Gasteiger partial charge >= 0.3 is 0 Å². The van der Waals surface area contributed by atoms with Gasteiger partial charge in [-0.3, -0.25) is 14.5 Å². The number of benzene rings is 1. The molecular formula is C27H39N3O4. The number of hydrogen-bond acceptors (Lipinski definition) is 5. The van der Waals surface area contributed by atoms with Crippen molar-refractivity contribution in [2.45, 2.75) is 89.3 Å². The van der Waals surface area contributed by atoms with Crippen LogP contribution in [0.15, 0.2) is 18.2 Å². The molecule has 5 rings (SSSR count). The second-order valence-electron chi connectivity index (χ2n) is 10.6. The second kappa shape index (κ2) is 10.1. The normalized spacial score (nSPS) is 25.1. The van der Waals surface area contributed by atoms with E-state index in [0.717, 1.165) is 50.4 Å². The van der Waals surface area contributed by atoms with Crippen LogP contribution in [0.2, 0.25) is 0 Å². The number of piperazine rings is 1. The fourth-order valence-electron chi connectivity index (χ4n) is 6.31. The lowest BCUT2D eigenvalue weighted by atomic mass is 9.79. The van der Waals surface area contributed by atoms with Gasteiger partial charge in [0.1, 0.15) is 11.6 Å². The van der Waals surface area contributed by atoms with Crippen molar-refractivity contribution >= 4 is 11.8 Å². The first-order valence-electron chi connectivity index (χ1n) is 13.3. The molecule has 1 aromatic carbocycles. The maximum absolute atomic E-state index is 13.7. The topological polar surface area (TPSA) is 71.1 Å². The zero-order valence-corrected chi connectivity index (χ0v) is 20.5. The molecule has 1 N–H and O–H groups in total. The van der Waals surface area contributed by atoms with Crippen LogP contribution in [-0.2, 0) is 16.1 Å². The van der Waals surface area contributed by atoms with Gasteiger partial charge in [-0.15, -0.1) is 0 Å². The molecule has 0 aromatic heterocycles. The van der Waals surface area contributed by atoms with Crippen LogP contribution in [0.4, 0.5) is 0 Å². The van der Waals surface area contributed by atoms with Crippen molar-refractivity contribution in [1.82, 2.24) is 15.1 Å². The molecule has 1 unspecified atom stereocenters. The standard InChI is InChI=1S/C27H39N3O4/c1-2-3-13-30-25(31)22(16-20-7-5-4-6-8-20)28-26(32)27(30)11-14-29(15-12-27)18-21-9-10-23-24(17-21)34-19-33-23/h9-10,17,20,22H,2-8,11-16,18-19H2,1H3,(H,28,32). The van der Waals surface area contributed by atoms with Crippen molar-refractivity contribution < 1.29 is 19.1 Å². The minimum absolute atomic E-state index is 0.0757. The Hall–Kier alpha value is -2.28. The molecule has 0 bridgehead atoms. The van der Waals surface area contributed by atoms with Crippen LogP contribution in [-0.4, -0.2) is 59.6 Å². The van der Waals surface area contributed by atoms with E-state index in [1.165, 1.54) is 37.7 Å². The van der Waals surface area contributed by atoms with Crippen LogP contribution < -0.4 is 14.8 Å². The van der Waals surface area contributed by atoms with Gasteiger partial charge in [-0.2, -0.15) is 0 Å². The lowest BCUT2D eigenvalue weighted by Crippen LogP contribution is -2.73. The van der Waals surface area contributed by atoms with E-state index >= 15 is 0 Å². The number of nitrogens with zero attached hydrogens (tertiary/aromatic N) is 2. The SMILES string of the molecule is CCCCN1C(=O)C(CC2CCCCC2)NC(=O)C12CCN(Cc1ccc3c(c1)OCO3)CC2. The molecule has 3 heterocycles. The van der Waals surface area contributed by atoms with E-state index in [2.05, 4.69) is 23.2 Å². The fraction of sp³-hybridized carbons (Fsp3) is 0.704. The number of ether oxygens (including phenoxy) is 2. The van der Waals surface area contributed by atoms with Crippen LogP contribution in [0.25, 0.3) is 0 Å². The van der Waals surface area contributed by atoms with Crippen molar-refractivity contribution in [2.24, 2.45) is 5.92 Å². The van der Waals surface area contributed by atoms with Gasteiger partial charge in [-0.25, -0.2) is 0 Å². The highest BCUT2D eigenvalue weighted by Crippen LogP contribution is 2.37. The average molecular weight is 470 g/mol. The van der Waals surface area contributed by atoms with E-state index in [1.54, 1.807) is 0 Å². The summed E-state index contributed by atoms with van der Waals surface area (Å²) < 4.78 is 10.9. The molecule has 4 aliphatic rings. The van der Waals surface area contributed by atoms with Crippen LogP contribution in [0.1, 0.15) is 76.7 Å².